The number of carbonyl (C=O) groups excluding carboxylic acids is 2. The van der Waals surface area contributed by atoms with Gasteiger partial charge in [0.05, 0.1) is 16.5 Å². The summed E-state index contributed by atoms with van der Waals surface area (Å²) in [6.07, 6.45) is 0. The summed E-state index contributed by atoms with van der Waals surface area (Å²) in [4.78, 5) is 24.3. The fourth-order valence-corrected chi connectivity index (χ4v) is 3.94. The van der Waals surface area contributed by atoms with Crippen LogP contribution in [0.15, 0.2) is 90.1 Å². The molecule has 0 bridgehead atoms. The Morgan fingerprint density at radius 1 is 0.909 bits per heavy atom. The standard InChI is InChI=1S/C24H19ClN4O3S/c25-19-13-7-8-14-20(19)26-21(30)15-32-22(31)16-33-24-28-27-23(17-9-3-1-4-10-17)29(24)18-11-5-2-6-12-18/h1-14H,15-16H2,(H,26,30). The van der Waals surface area contributed by atoms with Crippen LogP contribution in [0.4, 0.5) is 5.69 Å². The molecule has 0 aliphatic rings. The van der Waals surface area contributed by atoms with Crippen molar-refractivity contribution in [1.29, 1.82) is 0 Å². The number of thioether (sulfide) groups is 1. The van der Waals surface area contributed by atoms with Crippen LogP contribution in [0, 0.1) is 0 Å². The van der Waals surface area contributed by atoms with Gasteiger partial charge in [0.15, 0.2) is 17.6 Å². The summed E-state index contributed by atoms with van der Waals surface area (Å²) in [6, 6.07) is 26.2. The molecule has 33 heavy (non-hydrogen) atoms. The second kappa shape index (κ2) is 10.8. The van der Waals surface area contributed by atoms with E-state index in [1.54, 1.807) is 24.3 Å². The van der Waals surface area contributed by atoms with E-state index in [9.17, 15) is 9.59 Å². The molecule has 0 fully saturated rings. The van der Waals surface area contributed by atoms with Crippen molar-refractivity contribution >= 4 is 40.9 Å². The first kappa shape index (κ1) is 22.6. The highest BCUT2D eigenvalue weighted by molar-refractivity contribution is 7.99. The van der Waals surface area contributed by atoms with Crippen molar-refractivity contribution in [1.82, 2.24) is 14.8 Å². The summed E-state index contributed by atoms with van der Waals surface area (Å²) in [6.45, 7) is -0.411. The molecule has 1 heterocycles. The number of anilines is 1. The van der Waals surface area contributed by atoms with Crippen LogP contribution in [0.3, 0.4) is 0 Å². The molecule has 0 spiro atoms. The van der Waals surface area contributed by atoms with Crippen molar-refractivity contribution < 1.29 is 14.3 Å². The summed E-state index contributed by atoms with van der Waals surface area (Å²) in [5, 5.41) is 12.2. The zero-order valence-electron chi connectivity index (χ0n) is 17.3. The fourth-order valence-electron chi connectivity index (χ4n) is 3.01. The van der Waals surface area contributed by atoms with Gasteiger partial charge in [-0.15, -0.1) is 10.2 Å². The number of carbonyl (C=O) groups is 2. The highest BCUT2D eigenvalue weighted by Crippen LogP contribution is 2.28. The van der Waals surface area contributed by atoms with Gasteiger partial charge in [-0.1, -0.05) is 84.0 Å². The molecule has 3 aromatic carbocycles. The van der Waals surface area contributed by atoms with Crippen LogP contribution in [0.25, 0.3) is 17.1 Å². The Labute approximate surface area is 199 Å². The van der Waals surface area contributed by atoms with E-state index in [-0.39, 0.29) is 5.75 Å². The molecule has 0 aliphatic heterocycles. The predicted molar refractivity (Wildman–Crippen MR) is 129 cm³/mol. The maximum Gasteiger partial charge on any atom is 0.316 e. The highest BCUT2D eigenvalue weighted by Gasteiger charge is 2.18. The van der Waals surface area contributed by atoms with E-state index in [1.807, 2.05) is 65.2 Å². The van der Waals surface area contributed by atoms with E-state index in [1.165, 1.54) is 11.8 Å². The van der Waals surface area contributed by atoms with Gasteiger partial charge in [0.25, 0.3) is 5.91 Å². The molecule has 9 heteroatoms. The molecule has 4 rings (SSSR count). The Morgan fingerprint density at radius 3 is 2.30 bits per heavy atom. The van der Waals surface area contributed by atoms with Gasteiger partial charge in [0.2, 0.25) is 0 Å². The minimum atomic E-state index is -0.543. The molecule has 0 aliphatic carbocycles. The Morgan fingerprint density at radius 2 is 1.58 bits per heavy atom. The number of esters is 1. The normalized spacial score (nSPS) is 10.6. The summed E-state index contributed by atoms with van der Waals surface area (Å²) in [5.74, 6) is -0.380. The molecule has 1 amide bonds. The lowest BCUT2D eigenvalue weighted by molar-refractivity contribution is -0.144. The minimum Gasteiger partial charge on any atom is -0.455 e. The maximum absolute atomic E-state index is 12.3. The summed E-state index contributed by atoms with van der Waals surface area (Å²) in [7, 11) is 0. The Hall–Kier alpha value is -3.62. The van der Waals surface area contributed by atoms with Crippen LogP contribution in [-0.2, 0) is 14.3 Å². The zero-order valence-corrected chi connectivity index (χ0v) is 18.9. The number of benzene rings is 3. The third kappa shape index (κ3) is 5.79. The summed E-state index contributed by atoms with van der Waals surface area (Å²) in [5.41, 5.74) is 2.23. The number of rotatable bonds is 8. The van der Waals surface area contributed by atoms with E-state index < -0.39 is 18.5 Å². The molecule has 166 valence electrons. The van der Waals surface area contributed by atoms with Crippen LogP contribution in [-0.4, -0.2) is 39.0 Å². The number of amides is 1. The third-order valence-electron chi connectivity index (χ3n) is 4.51. The fraction of sp³-hybridized carbons (Fsp3) is 0.0833. The number of nitrogens with one attached hydrogen (secondary N) is 1. The second-order valence-electron chi connectivity index (χ2n) is 6.82. The minimum absolute atomic E-state index is 0.0286. The van der Waals surface area contributed by atoms with Crippen molar-refractivity contribution in [2.24, 2.45) is 0 Å². The number of para-hydroxylation sites is 2. The van der Waals surface area contributed by atoms with Gasteiger partial charge < -0.3 is 10.1 Å². The van der Waals surface area contributed by atoms with Gasteiger partial charge >= 0.3 is 5.97 Å². The number of aromatic nitrogens is 3. The first-order chi connectivity index (χ1) is 16.1. The van der Waals surface area contributed by atoms with E-state index in [0.29, 0.717) is 21.7 Å². The van der Waals surface area contributed by atoms with Crippen molar-refractivity contribution in [3.05, 3.63) is 90.0 Å². The van der Waals surface area contributed by atoms with Crippen LogP contribution >= 0.6 is 23.4 Å². The van der Waals surface area contributed by atoms with Crippen molar-refractivity contribution in [3.8, 4) is 17.1 Å². The highest BCUT2D eigenvalue weighted by atomic mass is 35.5. The third-order valence-corrected chi connectivity index (χ3v) is 5.74. The van der Waals surface area contributed by atoms with Crippen molar-refractivity contribution in [3.63, 3.8) is 0 Å². The van der Waals surface area contributed by atoms with Gasteiger partial charge in [0, 0.05) is 11.3 Å². The number of hydrogen-bond acceptors (Lipinski definition) is 6. The summed E-state index contributed by atoms with van der Waals surface area (Å²) < 4.78 is 6.99. The van der Waals surface area contributed by atoms with E-state index >= 15 is 0 Å². The Bertz CT molecular complexity index is 1250. The monoisotopic (exact) mass is 478 g/mol. The molecule has 0 saturated carbocycles. The van der Waals surface area contributed by atoms with E-state index in [2.05, 4.69) is 15.5 Å². The number of ether oxygens (including phenoxy) is 1. The molecule has 0 radical (unpaired) electrons. The molecule has 0 atom stereocenters. The lowest BCUT2D eigenvalue weighted by Gasteiger charge is -2.10. The van der Waals surface area contributed by atoms with E-state index in [4.69, 9.17) is 16.3 Å². The topological polar surface area (TPSA) is 86.1 Å². The lowest BCUT2D eigenvalue weighted by Crippen LogP contribution is -2.21. The molecular formula is C24H19ClN4O3S. The summed E-state index contributed by atoms with van der Waals surface area (Å²) >= 11 is 7.20. The smallest absolute Gasteiger partial charge is 0.316 e. The van der Waals surface area contributed by atoms with Crippen molar-refractivity contribution in [2.45, 2.75) is 5.16 Å². The lowest BCUT2D eigenvalue weighted by atomic mass is 10.2. The zero-order chi connectivity index (χ0) is 23.0. The largest absolute Gasteiger partial charge is 0.455 e. The van der Waals surface area contributed by atoms with Crippen LogP contribution < -0.4 is 5.32 Å². The average molecular weight is 479 g/mol. The van der Waals surface area contributed by atoms with Crippen LogP contribution in [0.1, 0.15) is 0 Å². The van der Waals surface area contributed by atoms with Gasteiger partial charge in [-0.2, -0.15) is 0 Å². The Balaban J connectivity index is 1.41. The van der Waals surface area contributed by atoms with Gasteiger partial charge in [0.1, 0.15) is 0 Å². The molecular weight excluding hydrogens is 460 g/mol. The molecule has 1 aromatic heterocycles. The SMILES string of the molecule is O=C(COC(=O)CSc1nnc(-c2ccccc2)n1-c1ccccc1)Nc1ccccc1Cl. The Kier molecular flexibility index (Phi) is 7.39. The quantitative estimate of drug-likeness (QED) is 0.287. The van der Waals surface area contributed by atoms with Crippen molar-refractivity contribution in [2.75, 3.05) is 17.7 Å². The average Bonchev–Trinajstić information content (AvgIpc) is 3.28. The molecule has 7 nitrogen and oxygen atoms in total. The molecule has 0 unspecified atom stereocenters. The van der Waals surface area contributed by atoms with Gasteiger partial charge in [-0.05, 0) is 24.3 Å². The predicted octanol–water partition coefficient (Wildman–Crippen LogP) is 4.86. The second-order valence-corrected chi connectivity index (χ2v) is 8.17. The number of nitrogens with zero attached hydrogens (tertiary/aromatic N) is 3. The van der Waals surface area contributed by atoms with Crippen LogP contribution in [0.5, 0.6) is 0 Å². The first-order valence-corrected chi connectivity index (χ1v) is 11.4. The van der Waals surface area contributed by atoms with Gasteiger partial charge in [-0.3, -0.25) is 14.2 Å². The molecule has 1 N–H and O–H groups in total. The molecule has 0 saturated heterocycles. The maximum atomic E-state index is 12.3. The van der Waals surface area contributed by atoms with E-state index in [0.717, 1.165) is 11.3 Å². The first-order valence-electron chi connectivity index (χ1n) is 10.0. The van der Waals surface area contributed by atoms with Gasteiger partial charge in [-0.25, -0.2) is 0 Å². The molecule has 4 aromatic rings. The number of halogens is 1. The number of hydrogen-bond donors (Lipinski definition) is 1. The van der Waals surface area contributed by atoms with Crippen LogP contribution in [0.2, 0.25) is 5.02 Å².